The minimum Gasteiger partial charge on any atom is -0.480 e. The number of carbonyl (C=O) groups is 2. The first kappa shape index (κ1) is 13.6. The lowest BCUT2D eigenvalue weighted by atomic mass is 10.2. The summed E-state index contributed by atoms with van der Waals surface area (Å²) < 4.78 is 0. The smallest absolute Gasteiger partial charge is 0.326 e. The standard InChI is InChI=1S/C11H16N2O3S/c1-5-8-12-6(2)9(17-8)10(14)13(4)7(3)11(15)16/h7H,5H2,1-4H3,(H,15,16). The summed E-state index contributed by atoms with van der Waals surface area (Å²) in [4.78, 5) is 28.9. The minimum atomic E-state index is -1.02. The van der Waals surface area contributed by atoms with Crippen LogP contribution in [0.4, 0.5) is 0 Å². The molecule has 1 N–H and O–H groups in total. The average molecular weight is 256 g/mol. The Hall–Kier alpha value is -1.43. The molecular weight excluding hydrogens is 240 g/mol. The topological polar surface area (TPSA) is 70.5 Å². The van der Waals surface area contributed by atoms with Gasteiger partial charge in [0, 0.05) is 7.05 Å². The van der Waals surface area contributed by atoms with Crippen molar-refractivity contribution in [3.05, 3.63) is 15.6 Å². The molecule has 6 heteroatoms. The molecule has 1 unspecified atom stereocenters. The maximum Gasteiger partial charge on any atom is 0.326 e. The second kappa shape index (κ2) is 5.27. The van der Waals surface area contributed by atoms with E-state index in [4.69, 9.17) is 5.11 Å². The van der Waals surface area contributed by atoms with Crippen LogP contribution < -0.4 is 0 Å². The molecule has 0 radical (unpaired) electrons. The predicted molar refractivity (Wildman–Crippen MR) is 65.4 cm³/mol. The third-order valence-corrected chi connectivity index (χ3v) is 3.89. The maximum atomic E-state index is 12.1. The van der Waals surface area contributed by atoms with E-state index in [2.05, 4.69) is 4.98 Å². The van der Waals surface area contributed by atoms with Crippen LogP contribution >= 0.6 is 11.3 Å². The van der Waals surface area contributed by atoms with Gasteiger partial charge in [-0.1, -0.05) is 6.92 Å². The van der Waals surface area contributed by atoms with Crippen molar-refractivity contribution in [2.45, 2.75) is 33.2 Å². The van der Waals surface area contributed by atoms with E-state index < -0.39 is 12.0 Å². The Bertz CT molecular complexity index is 442. The van der Waals surface area contributed by atoms with Crippen LogP contribution in [0.3, 0.4) is 0 Å². The number of thiazole rings is 1. The van der Waals surface area contributed by atoms with Crippen molar-refractivity contribution < 1.29 is 14.7 Å². The van der Waals surface area contributed by atoms with Gasteiger partial charge in [-0.2, -0.15) is 0 Å². The van der Waals surface area contributed by atoms with Crippen molar-refractivity contribution in [1.29, 1.82) is 0 Å². The molecule has 1 aromatic rings. The zero-order chi connectivity index (χ0) is 13.2. The van der Waals surface area contributed by atoms with Crippen LogP contribution in [0.1, 0.15) is 34.2 Å². The lowest BCUT2D eigenvalue weighted by molar-refractivity contribution is -0.141. The van der Waals surface area contributed by atoms with E-state index in [1.165, 1.54) is 30.2 Å². The van der Waals surface area contributed by atoms with Gasteiger partial charge in [-0.15, -0.1) is 11.3 Å². The molecule has 0 aliphatic rings. The van der Waals surface area contributed by atoms with Crippen LogP contribution in [-0.4, -0.2) is 40.0 Å². The molecule has 1 atom stereocenters. The quantitative estimate of drug-likeness (QED) is 0.887. The molecule has 0 saturated carbocycles. The molecular formula is C11H16N2O3S. The number of aryl methyl sites for hydroxylation is 2. The van der Waals surface area contributed by atoms with Crippen LogP contribution in [0.25, 0.3) is 0 Å². The second-order valence-corrected chi connectivity index (χ2v) is 4.89. The van der Waals surface area contributed by atoms with Crippen LogP contribution in [-0.2, 0) is 11.2 Å². The van der Waals surface area contributed by atoms with Crippen LogP contribution in [0.15, 0.2) is 0 Å². The van der Waals surface area contributed by atoms with Gasteiger partial charge in [-0.25, -0.2) is 9.78 Å². The van der Waals surface area contributed by atoms with Crippen LogP contribution in [0, 0.1) is 6.92 Å². The Morgan fingerprint density at radius 2 is 2.12 bits per heavy atom. The average Bonchev–Trinajstić information content (AvgIpc) is 2.67. The number of aliphatic carboxylic acids is 1. The summed E-state index contributed by atoms with van der Waals surface area (Å²) in [6.45, 7) is 5.22. The lowest BCUT2D eigenvalue weighted by Crippen LogP contribution is -2.40. The van der Waals surface area contributed by atoms with Crippen molar-refractivity contribution in [3.63, 3.8) is 0 Å². The SMILES string of the molecule is CCc1nc(C)c(C(=O)N(C)C(C)C(=O)O)s1. The largest absolute Gasteiger partial charge is 0.480 e. The van der Waals surface area contributed by atoms with Crippen molar-refractivity contribution in [3.8, 4) is 0 Å². The van der Waals surface area contributed by atoms with Crippen LogP contribution in [0.5, 0.6) is 0 Å². The highest BCUT2D eigenvalue weighted by atomic mass is 32.1. The van der Waals surface area contributed by atoms with E-state index in [0.29, 0.717) is 10.6 Å². The Labute approximate surface area is 104 Å². The summed E-state index contributed by atoms with van der Waals surface area (Å²) in [6, 6.07) is -0.839. The molecule has 0 saturated heterocycles. The Morgan fingerprint density at radius 3 is 2.53 bits per heavy atom. The summed E-state index contributed by atoms with van der Waals surface area (Å²) >= 11 is 1.33. The van der Waals surface area contributed by atoms with Crippen molar-refractivity contribution >= 4 is 23.2 Å². The summed E-state index contributed by atoms with van der Waals surface area (Å²) in [5.41, 5.74) is 0.668. The van der Waals surface area contributed by atoms with Gasteiger partial charge < -0.3 is 10.0 Å². The van der Waals surface area contributed by atoms with E-state index in [-0.39, 0.29) is 5.91 Å². The lowest BCUT2D eigenvalue weighted by Gasteiger charge is -2.20. The molecule has 0 spiro atoms. The number of nitrogens with zero attached hydrogens (tertiary/aromatic N) is 2. The minimum absolute atomic E-state index is 0.283. The Morgan fingerprint density at radius 1 is 1.53 bits per heavy atom. The number of aromatic nitrogens is 1. The monoisotopic (exact) mass is 256 g/mol. The fourth-order valence-electron chi connectivity index (χ4n) is 1.30. The van der Waals surface area contributed by atoms with Crippen molar-refractivity contribution in [2.75, 3.05) is 7.05 Å². The molecule has 17 heavy (non-hydrogen) atoms. The molecule has 0 bridgehead atoms. The molecule has 1 heterocycles. The number of likely N-dealkylation sites (N-methyl/N-ethyl adjacent to an activating group) is 1. The fourth-order valence-corrected chi connectivity index (χ4v) is 2.29. The van der Waals surface area contributed by atoms with Gasteiger partial charge in [0.1, 0.15) is 10.9 Å². The first-order chi connectivity index (χ1) is 7.88. The number of hydrogen-bond acceptors (Lipinski definition) is 4. The van der Waals surface area contributed by atoms with Gasteiger partial charge in [0.2, 0.25) is 0 Å². The number of hydrogen-bond donors (Lipinski definition) is 1. The molecule has 1 aromatic heterocycles. The number of carbonyl (C=O) groups excluding carboxylic acids is 1. The molecule has 0 fully saturated rings. The molecule has 0 aliphatic heterocycles. The number of carboxylic acids is 1. The number of amides is 1. The van der Waals surface area contributed by atoms with E-state index in [1.807, 2.05) is 6.92 Å². The fraction of sp³-hybridized carbons (Fsp3) is 0.545. The highest BCUT2D eigenvalue weighted by Crippen LogP contribution is 2.20. The van der Waals surface area contributed by atoms with Crippen molar-refractivity contribution in [1.82, 2.24) is 9.88 Å². The van der Waals surface area contributed by atoms with E-state index in [1.54, 1.807) is 6.92 Å². The van der Waals surface area contributed by atoms with Crippen LogP contribution in [0.2, 0.25) is 0 Å². The van der Waals surface area contributed by atoms with Gasteiger partial charge >= 0.3 is 5.97 Å². The summed E-state index contributed by atoms with van der Waals surface area (Å²) in [5.74, 6) is -1.30. The summed E-state index contributed by atoms with van der Waals surface area (Å²) in [6.07, 6.45) is 0.775. The normalized spacial score (nSPS) is 12.2. The Balaban J connectivity index is 2.95. The Kier molecular flexibility index (Phi) is 4.22. The first-order valence-electron chi connectivity index (χ1n) is 5.34. The third kappa shape index (κ3) is 2.82. The van der Waals surface area contributed by atoms with Gasteiger partial charge in [0.05, 0.1) is 10.7 Å². The third-order valence-electron chi connectivity index (χ3n) is 2.60. The van der Waals surface area contributed by atoms with Gasteiger partial charge in [0.25, 0.3) is 5.91 Å². The molecule has 5 nitrogen and oxygen atoms in total. The zero-order valence-corrected chi connectivity index (χ0v) is 11.2. The second-order valence-electron chi connectivity index (χ2n) is 3.81. The highest BCUT2D eigenvalue weighted by Gasteiger charge is 2.25. The zero-order valence-electron chi connectivity index (χ0n) is 10.4. The molecule has 0 aliphatic carbocycles. The van der Waals surface area contributed by atoms with E-state index >= 15 is 0 Å². The number of rotatable bonds is 4. The highest BCUT2D eigenvalue weighted by molar-refractivity contribution is 7.13. The molecule has 1 rings (SSSR count). The van der Waals surface area contributed by atoms with Gasteiger partial charge in [0.15, 0.2) is 0 Å². The predicted octanol–water partition coefficient (Wildman–Crippen LogP) is 1.56. The maximum absolute atomic E-state index is 12.1. The summed E-state index contributed by atoms with van der Waals surface area (Å²) in [7, 11) is 1.49. The van der Waals surface area contributed by atoms with Crippen molar-refractivity contribution in [2.24, 2.45) is 0 Å². The molecule has 94 valence electrons. The van der Waals surface area contributed by atoms with Gasteiger partial charge in [-0.05, 0) is 20.3 Å². The van der Waals surface area contributed by atoms with Gasteiger partial charge in [-0.3, -0.25) is 4.79 Å². The number of carboxylic acid groups (broad SMARTS) is 1. The van der Waals surface area contributed by atoms with E-state index in [9.17, 15) is 9.59 Å². The molecule has 1 amide bonds. The molecule has 0 aromatic carbocycles. The first-order valence-corrected chi connectivity index (χ1v) is 6.16. The summed E-state index contributed by atoms with van der Waals surface area (Å²) in [5, 5.41) is 9.75. The van der Waals surface area contributed by atoms with E-state index in [0.717, 1.165) is 11.4 Å².